The van der Waals surface area contributed by atoms with E-state index in [1.54, 1.807) is 67.6 Å². The Balaban J connectivity index is 1.75. The second-order valence-electron chi connectivity index (χ2n) is 10.6. The molecular formula is C36H24ClFN2O4S. The molecule has 1 aromatic heterocycles. The smallest absolute Gasteiger partial charge is 0.335 e. The van der Waals surface area contributed by atoms with Gasteiger partial charge in [0, 0.05) is 27.1 Å². The zero-order valence-electron chi connectivity index (χ0n) is 24.0. The molecule has 0 saturated heterocycles. The van der Waals surface area contributed by atoms with Crippen molar-refractivity contribution in [3.63, 3.8) is 0 Å². The highest BCUT2D eigenvalue weighted by Crippen LogP contribution is 2.47. The lowest BCUT2D eigenvalue weighted by Crippen LogP contribution is -2.14. The lowest BCUT2D eigenvalue weighted by Gasteiger charge is -2.16. The van der Waals surface area contributed by atoms with E-state index in [1.807, 2.05) is 6.92 Å². The number of benzene rings is 5. The summed E-state index contributed by atoms with van der Waals surface area (Å²) in [6, 6.07) is 27.1. The number of nitrogens with zero attached hydrogens (tertiary/aromatic N) is 2. The largest absolute Gasteiger partial charge is 0.478 e. The van der Waals surface area contributed by atoms with E-state index in [0.29, 0.717) is 44.5 Å². The van der Waals surface area contributed by atoms with Crippen LogP contribution in [-0.2, 0) is 10.0 Å². The molecule has 5 aromatic carbocycles. The minimum Gasteiger partial charge on any atom is -0.478 e. The van der Waals surface area contributed by atoms with Crippen LogP contribution >= 0.6 is 11.6 Å². The first-order chi connectivity index (χ1) is 21.5. The topological polar surface area (TPSA) is 80.7 Å². The Morgan fingerprint density at radius 3 is 2.27 bits per heavy atom. The van der Waals surface area contributed by atoms with Crippen molar-refractivity contribution in [3.8, 4) is 33.5 Å². The zero-order chi connectivity index (χ0) is 32.0. The molecule has 0 unspecified atom stereocenters. The van der Waals surface area contributed by atoms with E-state index in [2.05, 4.69) is 4.85 Å². The summed E-state index contributed by atoms with van der Waals surface area (Å²) in [5, 5.41) is 9.93. The molecule has 1 N–H and O–H groups in total. The van der Waals surface area contributed by atoms with E-state index < -0.39 is 21.8 Å². The minimum atomic E-state index is -4.27. The van der Waals surface area contributed by atoms with Gasteiger partial charge in [-0.3, -0.25) is 0 Å². The number of aromatic nitrogens is 1. The second kappa shape index (κ2) is 11.4. The van der Waals surface area contributed by atoms with Gasteiger partial charge in [0.15, 0.2) is 5.69 Å². The van der Waals surface area contributed by atoms with E-state index >= 15 is 0 Å². The summed E-state index contributed by atoms with van der Waals surface area (Å²) >= 11 is 6.53. The Hall–Kier alpha value is -5.23. The molecule has 0 aliphatic rings. The number of hydrogen-bond donors (Lipinski definition) is 1. The van der Waals surface area contributed by atoms with Crippen LogP contribution in [0.4, 0.5) is 10.1 Å². The van der Waals surface area contributed by atoms with Gasteiger partial charge in [-0.15, -0.1) is 0 Å². The number of aryl methyl sites for hydroxylation is 2. The number of carbonyl (C=O) groups is 1. The highest BCUT2D eigenvalue weighted by molar-refractivity contribution is 7.90. The summed E-state index contributed by atoms with van der Waals surface area (Å²) in [6.45, 7) is 11.6. The minimum absolute atomic E-state index is 0.0275. The lowest BCUT2D eigenvalue weighted by molar-refractivity contribution is 0.0697. The molecule has 1 heterocycles. The molecule has 9 heteroatoms. The van der Waals surface area contributed by atoms with Crippen LogP contribution in [0.15, 0.2) is 108 Å². The molecule has 6 aromatic rings. The van der Waals surface area contributed by atoms with Crippen LogP contribution in [0.2, 0.25) is 5.02 Å². The van der Waals surface area contributed by atoms with Crippen molar-refractivity contribution in [2.75, 3.05) is 0 Å². The van der Waals surface area contributed by atoms with Crippen molar-refractivity contribution in [2.45, 2.75) is 18.7 Å². The number of aromatic carboxylic acids is 1. The lowest BCUT2D eigenvalue weighted by atomic mass is 9.94. The van der Waals surface area contributed by atoms with Crippen LogP contribution < -0.4 is 0 Å². The molecule has 0 radical (unpaired) electrons. The third-order valence-corrected chi connectivity index (χ3v) is 9.77. The molecule has 0 saturated carbocycles. The summed E-state index contributed by atoms with van der Waals surface area (Å²) in [4.78, 5) is 15.3. The zero-order valence-corrected chi connectivity index (χ0v) is 25.6. The summed E-state index contributed by atoms with van der Waals surface area (Å²) in [6.07, 6.45) is 0. The first-order valence-electron chi connectivity index (χ1n) is 13.8. The molecular weight excluding hydrogens is 611 g/mol. The van der Waals surface area contributed by atoms with Crippen molar-refractivity contribution in [1.29, 1.82) is 0 Å². The van der Waals surface area contributed by atoms with Gasteiger partial charge in [0.05, 0.1) is 28.2 Å². The van der Waals surface area contributed by atoms with Crippen LogP contribution in [-0.4, -0.2) is 23.5 Å². The average molecular weight is 635 g/mol. The maximum absolute atomic E-state index is 14.9. The van der Waals surface area contributed by atoms with Crippen molar-refractivity contribution in [3.05, 3.63) is 142 Å². The molecule has 0 spiro atoms. The first-order valence-corrected chi connectivity index (χ1v) is 15.6. The Bertz CT molecular complexity index is 2320. The Morgan fingerprint density at radius 1 is 0.867 bits per heavy atom. The normalized spacial score (nSPS) is 11.4. The molecule has 0 fully saturated rings. The summed E-state index contributed by atoms with van der Waals surface area (Å²) in [7, 11) is -4.27. The van der Waals surface area contributed by atoms with Gasteiger partial charge < -0.3 is 5.11 Å². The van der Waals surface area contributed by atoms with Crippen molar-refractivity contribution < 1.29 is 22.7 Å². The molecule has 45 heavy (non-hydrogen) atoms. The average Bonchev–Trinajstić information content (AvgIpc) is 3.36. The number of carboxylic acids is 1. The summed E-state index contributed by atoms with van der Waals surface area (Å²) in [5.74, 6) is -1.68. The summed E-state index contributed by atoms with van der Waals surface area (Å²) < 4.78 is 45.3. The Kier molecular flexibility index (Phi) is 7.53. The maximum atomic E-state index is 14.9. The van der Waals surface area contributed by atoms with Crippen LogP contribution in [0.25, 0.3) is 49.3 Å². The SMILES string of the molecule is [C-]#[N+]c1c(C)cccc1-c1c(-c2cccc(-c3ccc(C(=O)O)cc3Cl)c2)n(S(=O)(=O)c2ccc(C)cc2)c2ccc(F)cc12. The highest BCUT2D eigenvalue weighted by Gasteiger charge is 2.30. The predicted octanol–water partition coefficient (Wildman–Crippen LogP) is 9.54. The molecule has 0 atom stereocenters. The van der Waals surface area contributed by atoms with Crippen molar-refractivity contribution >= 4 is 44.2 Å². The summed E-state index contributed by atoms with van der Waals surface area (Å²) in [5.41, 5.74) is 4.86. The Morgan fingerprint density at radius 2 is 1.58 bits per heavy atom. The third kappa shape index (κ3) is 5.16. The van der Waals surface area contributed by atoms with Gasteiger partial charge in [-0.05, 0) is 79.1 Å². The van der Waals surface area contributed by atoms with Gasteiger partial charge >= 0.3 is 5.97 Å². The molecule has 0 aliphatic heterocycles. The van der Waals surface area contributed by atoms with E-state index in [4.69, 9.17) is 18.2 Å². The molecule has 6 rings (SSSR count). The van der Waals surface area contributed by atoms with Gasteiger partial charge in [-0.1, -0.05) is 71.8 Å². The molecule has 0 aliphatic carbocycles. The van der Waals surface area contributed by atoms with Gasteiger partial charge in [0.2, 0.25) is 0 Å². The van der Waals surface area contributed by atoms with E-state index in [-0.39, 0.29) is 26.7 Å². The first kappa shape index (κ1) is 29.8. The molecule has 222 valence electrons. The molecule has 6 nitrogen and oxygen atoms in total. The predicted molar refractivity (Wildman–Crippen MR) is 175 cm³/mol. The molecule has 0 amide bonds. The van der Waals surface area contributed by atoms with E-state index in [0.717, 1.165) is 5.56 Å². The Labute approximate surface area is 264 Å². The number of para-hydroxylation sites is 1. The standard InChI is InChI=1S/C36H24ClFN2O4S/c1-21-10-14-27(15-11-21)45(43,44)40-32-17-13-26(38)20-30(32)33(29-9-4-6-22(2)34(29)39-3)35(40)24-8-5-7-23(18-24)28-16-12-25(36(41)42)19-31(28)37/h4-20H,1-2H3,(H,41,42). The number of fused-ring (bicyclic) bond motifs is 1. The highest BCUT2D eigenvalue weighted by atomic mass is 35.5. The van der Waals surface area contributed by atoms with Crippen molar-refractivity contribution in [1.82, 2.24) is 3.97 Å². The second-order valence-corrected chi connectivity index (χ2v) is 12.8. The van der Waals surface area contributed by atoms with Gasteiger partial charge in [0.1, 0.15) is 5.82 Å². The quantitative estimate of drug-likeness (QED) is 0.185. The monoisotopic (exact) mass is 634 g/mol. The van der Waals surface area contributed by atoms with Gasteiger partial charge in [0.25, 0.3) is 10.0 Å². The van der Waals surface area contributed by atoms with E-state index in [9.17, 15) is 22.7 Å². The van der Waals surface area contributed by atoms with Gasteiger partial charge in [-0.2, -0.15) is 0 Å². The van der Waals surface area contributed by atoms with Gasteiger partial charge in [-0.25, -0.2) is 26.4 Å². The number of hydrogen-bond acceptors (Lipinski definition) is 3. The fourth-order valence-electron chi connectivity index (χ4n) is 5.56. The fourth-order valence-corrected chi connectivity index (χ4v) is 7.40. The van der Waals surface area contributed by atoms with Crippen LogP contribution in [0, 0.1) is 26.2 Å². The fraction of sp³-hybridized carbons (Fsp3) is 0.0556. The maximum Gasteiger partial charge on any atom is 0.335 e. The number of halogens is 2. The van der Waals surface area contributed by atoms with Crippen LogP contribution in [0.1, 0.15) is 21.5 Å². The molecule has 0 bridgehead atoms. The third-order valence-electron chi connectivity index (χ3n) is 7.73. The van der Waals surface area contributed by atoms with Crippen LogP contribution in [0.3, 0.4) is 0 Å². The number of carboxylic acid groups (broad SMARTS) is 1. The number of rotatable bonds is 6. The van der Waals surface area contributed by atoms with Crippen molar-refractivity contribution in [2.24, 2.45) is 0 Å². The van der Waals surface area contributed by atoms with Crippen LogP contribution in [0.5, 0.6) is 0 Å². The van der Waals surface area contributed by atoms with E-state index in [1.165, 1.54) is 46.4 Å².